The molecule has 5 atom stereocenters. The van der Waals surface area contributed by atoms with Gasteiger partial charge in [0.25, 0.3) is 0 Å². The molecule has 1 aromatic carbocycles. The fraction of sp³-hybridized carbons (Fsp3) is 0.500. The second-order valence-electron chi connectivity index (χ2n) is 5.06. The summed E-state index contributed by atoms with van der Waals surface area (Å²) in [6, 6.07) is 9.85. The van der Waals surface area contributed by atoms with E-state index in [2.05, 4.69) is 0 Å². The van der Waals surface area contributed by atoms with Crippen molar-refractivity contribution >= 4 is 6.16 Å². The molecule has 3 aliphatic rings. The van der Waals surface area contributed by atoms with Crippen molar-refractivity contribution in [3.8, 4) is 0 Å². The van der Waals surface area contributed by atoms with E-state index in [1.54, 1.807) is 0 Å². The number of hydrogen-bond acceptors (Lipinski definition) is 6. The third kappa shape index (κ3) is 2.15. The molecule has 0 N–H and O–H groups in total. The topological polar surface area (TPSA) is 66.5 Å². The lowest BCUT2D eigenvalue weighted by Gasteiger charge is -2.27. The van der Waals surface area contributed by atoms with E-state index in [0.29, 0.717) is 13.2 Å². The Balaban J connectivity index is 1.35. The lowest BCUT2D eigenvalue weighted by molar-refractivity contribution is -0.121. The Morgan fingerprint density at radius 2 is 1.80 bits per heavy atom. The van der Waals surface area contributed by atoms with Crippen molar-refractivity contribution in [2.75, 3.05) is 6.61 Å². The molecule has 0 spiro atoms. The number of hydrogen-bond donors (Lipinski definition) is 0. The van der Waals surface area contributed by atoms with Crippen molar-refractivity contribution < 1.29 is 28.5 Å². The highest BCUT2D eigenvalue weighted by Crippen LogP contribution is 2.41. The van der Waals surface area contributed by atoms with Crippen molar-refractivity contribution in [3.05, 3.63) is 35.9 Å². The Kier molecular flexibility index (Phi) is 2.87. The van der Waals surface area contributed by atoms with E-state index in [4.69, 9.17) is 23.7 Å². The van der Waals surface area contributed by atoms with Gasteiger partial charge < -0.3 is 23.7 Å². The molecule has 0 saturated carbocycles. The first kappa shape index (κ1) is 12.1. The van der Waals surface area contributed by atoms with Crippen LogP contribution in [0, 0.1) is 0 Å². The molecule has 3 fully saturated rings. The highest BCUT2D eigenvalue weighted by Gasteiger charge is 2.63. The summed E-state index contributed by atoms with van der Waals surface area (Å²) in [5.41, 5.74) is 1.08. The summed E-state index contributed by atoms with van der Waals surface area (Å²) in [7, 11) is 0. The summed E-state index contributed by atoms with van der Waals surface area (Å²) in [6.07, 6.45) is -2.30. The van der Waals surface area contributed by atoms with Crippen LogP contribution in [0.25, 0.3) is 0 Å². The lowest BCUT2D eigenvalue weighted by Crippen LogP contribution is -2.47. The largest absolute Gasteiger partial charge is 0.509 e. The number of carbonyl (C=O) groups excluding carboxylic acids is 1. The maximum absolute atomic E-state index is 11.2. The van der Waals surface area contributed by atoms with Crippen molar-refractivity contribution in [2.24, 2.45) is 0 Å². The average Bonchev–Trinajstić information content (AvgIpc) is 3.13. The van der Waals surface area contributed by atoms with Crippen LogP contribution in [0.3, 0.4) is 0 Å². The first-order chi connectivity index (χ1) is 9.81. The molecule has 20 heavy (non-hydrogen) atoms. The first-order valence-corrected chi connectivity index (χ1v) is 6.61. The molecular weight excluding hydrogens is 264 g/mol. The van der Waals surface area contributed by atoms with Crippen LogP contribution in [0.5, 0.6) is 0 Å². The molecule has 6 nitrogen and oxygen atoms in total. The van der Waals surface area contributed by atoms with Gasteiger partial charge in [0.1, 0.15) is 6.10 Å². The van der Waals surface area contributed by atoms with Crippen LogP contribution in [-0.2, 0) is 30.3 Å². The lowest BCUT2D eigenvalue weighted by atomic mass is 10.0. The van der Waals surface area contributed by atoms with Gasteiger partial charge in [0.05, 0.1) is 13.2 Å². The molecule has 0 radical (unpaired) electrons. The van der Waals surface area contributed by atoms with Gasteiger partial charge in [-0.1, -0.05) is 30.3 Å². The van der Waals surface area contributed by atoms with Crippen LogP contribution in [0.1, 0.15) is 5.56 Å². The minimum absolute atomic E-state index is 0.183. The molecule has 0 bridgehead atoms. The zero-order valence-electron chi connectivity index (χ0n) is 10.6. The van der Waals surface area contributed by atoms with Gasteiger partial charge in [-0.3, -0.25) is 0 Å². The molecule has 3 saturated heterocycles. The van der Waals surface area contributed by atoms with Gasteiger partial charge in [-0.2, -0.15) is 0 Å². The zero-order valence-corrected chi connectivity index (χ0v) is 10.6. The Labute approximate surface area is 115 Å². The molecule has 4 rings (SSSR count). The third-order valence-corrected chi connectivity index (χ3v) is 3.66. The second kappa shape index (κ2) is 4.73. The van der Waals surface area contributed by atoms with Gasteiger partial charge in [-0.25, -0.2) is 4.79 Å². The van der Waals surface area contributed by atoms with E-state index < -0.39 is 12.3 Å². The minimum atomic E-state index is -0.659. The van der Waals surface area contributed by atoms with Crippen LogP contribution in [0.4, 0.5) is 4.79 Å². The van der Waals surface area contributed by atoms with Crippen LogP contribution in [0.2, 0.25) is 0 Å². The molecule has 3 aliphatic heterocycles. The van der Waals surface area contributed by atoms with Gasteiger partial charge in [0, 0.05) is 0 Å². The highest BCUT2D eigenvalue weighted by molar-refractivity contribution is 5.63. The monoisotopic (exact) mass is 278 g/mol. The fourth-order valence-corrected chi connectivity index (χ4v) is 2.63. The summed E-state index contributed by atoms with van der Waals surface area (Å²) >= 11 is 0. The molecule has 0 aliphatic carbocycles. The fourth-order valence-electron chi connectivity index (χ4n) is 2.63. The standard InChI is InChI=1S/C14H14O6/c15-14-19-10-9(17-13-12(18-13)11(10)20-14)7-16-6-8-4-2-1-3-5-8/h1-5,9-13H,6-7H2/t9?,10-,11-,12?,13?/m0/s1. The van der Waals surface area contributed by atoms with Crippen molar-refractivity contribution in [2.45, 2.75) is 37.3 Å². The Hall–Kier alpha value is -1.63. The van der Waals surface area contributed by atoms with E-state index in [-0.39, 0.29) is 24.6 Å². The summed E-state index contributed by atoms with van der Waals surface area (Å²) in [5, 5.41) is 0. The average molecular weight is 278 g/mol. The normalized spacial score (nSPS) is 37.6. The SMILES string of the molecule is O=C1O[C@@H]2C3OC3OC(COCc3ccccc3)[C@@H]2O1. The van der Waals surface area contributed by atoms with Crippen LogP contribution < -0.4 is 0 Å². The number of fused-ring (bicyclic) bond motifs is 3. The van der Waals surface area contributed by atoms with E-state index in [1.807, 2.05) is 30.3 Å². The second-order valence-corrected chi connectivity index (χ2v) is 5.06. The summed E-state index contributed by atoms with van der Waals surface area (Å²) < 4.78 is 26.8. The van der Waals surface area contributed by atoms with Crippen LogP contribution >= 0.6 is 0 Å². The molecule has 3 unspecified atom stereocenters. The molecular formula is C14H14O6. The van der Waals surface area contributed by atoms with E-state index in [9.17, 15) is 4.79 Å². The number of ether oxygens (including phenoxy) is 5. The number of rotatable bonds is 4. The summed E-state index contributed by atoms with van der Waals surface area (Å²) in [5.74, 6) is 0. The first-order valence-electron chi connectivity index (χ1n) is 6.61. The minimum Gasteiger partial charge on any atom is -0.424 e. The van der Waals surface area contributed by atoms with E-state index >= 15 is 0 Å². The summed E-state index contributed by atoms with van der Waals surface area (Å²) in [6.45, 7) is 0.821. The smallest absolute Gasteiger partial charge is 0.424 e. The van der Waals surface area contributed by atoms with Gasteiger partial charge in [0.15, 0.2) is 24.6 Å². The van der Waals surface area contributed by atoms with Gasteiger partial charge in [0.2, 0.25) is 0 Å². The van der Waals surface area contributed by atoms with E-state index in [0.717, 1.165) is 5.56 Å². The zero-order chi connectivity index (χ0) is 13.5. The number of epoxide rings is 1. The highest BCUT2D eigenvalue weighted by atomic mass is 16.8. The summed E-state index contributed by atoms with van der Waals surface area (Å²) in [4.78, 5) is 11.2. The Morgan fingerprint density at radius 1 is 1.00 bits per heavy atom. The maximum atomic E-state index is 11.2. The molecule has 0 amide bonds. The quantitative estimate of drug-likeness (QED) is 0.609. The molecule has 0 aromatic heterocycles. The van der Waals surface area contributed by atoms with Crippen molar-refractivity contribution in [1.82, 2.24) is 0 Å². The van der Waals surface area contributed by atoms with Crippen molar-refractivity contribution in [3.63, 3.8) is 0 Å². The van der Waals surface area contributed by atoms with Crippen LogP contribution in [0.15, 0.2) is 30.3 Å². The molecule has 1 aromatic rings. The maximum Gasteiger partial charge on any atom is 0.509 e. The van der Waals surface area contributed by atoms with E-state index in [1.165, 1.54) is 0 Å². The van der Waals surface area contributed by atoms with Crippen molar-refractivity contribution in [1.29, 1.82) is 0 Å². The van der Waals surface area contributed by atoms with Gasteiger partial charge in [-0.05, 0) is 5.56 Å². The predicted octanol–water partition coefficient (Wildman–Crippen LogP) is 1.23. The van der Waals surface area contributed by atoms with Crippen LogP contribution in [-0.4, -0.2) is 43.5 Å². The molecule has 3 heterocycles. The Morgan fingerprint density at radius 3 is 2.65 bits per heavy atom. The number of benzene rings is 1. The molecule has 6 heteroatoms. The molecule has 106 valence electrons. The third-order valence-electron chi connectivity index (χ3n) is 3.66. The van der Waals surface area contributed by atoms with Gasteiger partial charge >= 0.3 is 6.16 Å². The van der Waals surface area contributed by atoms with Gasteiger partial charge in [-0.15, -0.1) is 0 Å². The number of carbonyl (C=O) groups is 1. The Bertz CT molecular complexity index is 504. The predicted molar refractivity (Wildman–Crippen MR) is 64.8 cm³/mol.